The first-order valence-corrected chi connectivity index (χ1v) is 7.92. The van der Waals surface area contributed by atoms with E-state index in [-0.39, 0.29) is 6.04 Å². The molecular weight excluding hydrogens is 362 g/mol. The van der Waals surface area contributed by atoms with Gasteiger partial charge in [-0.2, -0.15) is 0 Å². The molecule has 0 aliphatic heterocycles. The summed E-state index contributed by atoms with van der Waals surface area (Å²) in [4.78, 5) is 1.12. The summed E-state index contributed by atoms with van der Waals surface area (Å²) < 4.78 is 12.3. The van der Waals surface area contributed by atoms with E-state index >= 15 is 0 Å². The molecule has 0 aliphatic rings. The van der Waals surface area contributed by atoms with E-state index in [9.17, 15) is 0 Å². The Morgan fingerprint density at radius 1 is 1.15 bits per heavy atom. The summed E-state index contributed by atoms with van der Waals surface area (Å²) in [6.07, 6.45) is 0. The maximum absolute atomic E-state index is 6.13. The molecule has 3 nitrogen and oxygen atoms in total. The normalized spacial score (nSPS) is 12.2. The van der Waals surface area contributed by atoms with Gasteiger partial charge in [-0.1, -0.05) is 11.6 Å². The SMILES string of the molecule is CNC(c1cc(OC)cc(OC)c1)c1cc(Br)c(Cl)s1. The summed E-state index contributed by atoms with van der Waals surface area (Å²) in [5, 5.41) is 3.30. The number of thiophene rings is 1. The molecule has 1 aromatic heterocycles. The van der Waals surface area contributed by atoms with Gasteiger partial charge < -0.3 is 14.8 Å². The molecule has 1 aromatic carbocycles. The zero-order valence-corrected chi connectivity index (χ0v) is 14.5. The van der Waals surface area contributed by atoms with Crippen molar-refractivity contribution in [2.24, 2.45) is 0 Å². The summed E-state index contributed by atoms with van der Waals surface area (Å²) in [7, 11) is 5.20. The van der Waals surface area contributed by atoms with Gasteiger partial charge in [-0.05, 0) is 46.7 Å². The standard InChI is InChI=1S/C14H15BrClNO2S/c1-17-13(12-7-11(15)14(16)20-12)8-4-9(18-2)6-10(5-8)19-3/h4-7,13,17H,1-3H3. The van der Waals surface area contributed by atoms with Crippen LogP contribution in [0.3, 0.4) is 0 Å². The van der Waals surface area contributed by atoms with Crippen LogP contribution < -0.4 is 14.8 Å². The molecular formula is C14H15BrClNO2S. The fourth-order valence-corrected chi connectivity index (χ4v) is 3.85. The van der Waals surface area contributed by atoms with E-state index in [1.165, 1.54) is 0 Å². The Balaban J connectivity index is 2.45. The molecule has 0 saturated heterocycles. The second-order valence-corrected chi connectivity index (χ2v) is 6.68. The molecule has 0 saturated carbocycles. The first kappa shape index (κ1) is 15.6. The zero-order chi connectivity index (χ0) is 14.7. The van der Waals surface area contributed by atoms with E-state index in [1.807, 2.05) is 31.3 Å². The highest BCUT2D eigenvalue weighted by Crippen LogP contribution is 2.38. The van der Waals surface area contributed by atoms with E-state index in [1.54, 1.807) is 25.6 Å². The predicted molar refractivity (Wildman–Crippen MR) is 87.5 cm³/mol. The first-order chi connectivity index (χ1) is 9.58. The summed E-state index contributed by atoms with van der Waals surface area (Å²) in [5.41, 5.74) is 1.06. The van der Waals surface area contributed by atoms with Gasteiger partial charge in [0.2, 0.25) is 0 Å². The van der Waals surface area contributed by atoms with Crippen LogP contribution in [-0.2, 0) is 0 Å². The summed E-state index contributed by atoms with van der Waals surface area (Å²) in [6.45, 7) is 0. The second-order valence-electron chi connectivity index (χ2n) is 4.14. The number of methoxy groups -OCH3 is 2. The average Bonchev–Trinajstić information content (AvgIpc) is 2.78. The molecule has 108 valence electrons. The Bertz CT molecular complexity index is 561. The van der Waals surface area contributed by atoms with E-state index in [2.05, 4.69) is 21.2 Å². The van der Waals surface area contributed by atoms with Crippen LogP contribution in [0.5, 0.6) is 11.5 Å². The minimum absolute atomic E-state index is 0.0350. The van der Waals surface area contributed by atoms with Crippen LogP contribution in [0.1, 0.15) is 16.5 Å². The number of nitrogens with one attached hydrogen (secondary N) is 1. The summed E-state index contributed by atoms with van der Waals surface area (Å²) >= 11 is 11.1. The van der Waals surface area contributed by atoms with Crippen LogP contribution >= 0.6 is 38.9 Å². The lowest BCUT2D eigenvalue weighted by molar-refractivity contribution is 0.392. The van der Waals surface area contributed by atoms with Crippen LogP contribution in [0.2, 0.25) is 4.34 Å². The Hall–Kier alpha value is -0.750. The van der Waals surface area contributed by atoms with Gasteiger partial charge in [-0.3, -0.25) is 0 Å². The van der Waals surface area contributed by atoms with E-state index in [0.717, 1.165) is 30.7 Å². The Labute approximate surface area is 136 Å². The molecule has 0 spiro atoms. The topological polar surface area (TPSA) is 30.5 Å². The van der Waals surface area contributed by atoms with Crippen LogP contribution in [0.4, 0.5) is 0 Å². The largest absolute Gasteiger partial charge is 0.497 e. The predicted octanol–water partition coefficient (Wildman–Crippen LogP) is 4.49. The number of ether oxygens (including phenoxy) is 2. The molecule has 0 fully saturated rings. The number of benzene rings is 1. The lowest BCUT2D eigenvalue weighted by atomic mass is 10.0. The molecule has 1 atom stereocenters. The molecule has 2 rings (SSSR count). The summed E-state index contributed by atoms with van der Waals surface area (Å²) in [5.74, 6) is 1.53. The molecule has 6 heteroatoms. The van der Waals surface area contributed by atoms with Crippen LogP contribution in [-0.4, -0.2) is 21.3 Å². The third-order valence-corrected chi connectivity index (χ3v) is 5.48. The molecule has 1 unspecified atom stereocenters. The van der Waals surface area contributed by atoms with Gasteiger partial charge >= 0.3 is 0 Å². The van der Waals surface area contributed by atoms with Crippen LogP contribution in [0.25, 0.3) is 0 Å². The molecule has 2 aromatic rings. The highest BCUT2D eigenvalue weighted by molar-refractivity contribution is 9.10. The number of halogens is 2. The quantitative estimate of drug-likeness (QED) is 0.834. The van der Waals surface area contributed by atoms with E-state index in [0.29, 0.717) is 0 Å². The fraction of sp³-hybridized carbons (Fsp3) is 0.286. The molecule has 0 amide bonds. The average molecular weight is 377 g/mol. The number of rotatable bonds is 5. The minimum Gasteiger partial charge on any atom is -0.497 e. The fourth-order valence-electron chi connectivity index (χ4n) is 1.97. The smallest absolute Gasteiger partial charge is 0.122 e. The van der Waals surface area contributed by atoms with Gasteiger partial charge in [-0.25, -0.2) is 0 Å². The molecule has 20 heavy (non-hydrogen) atoms. The van der Waals surface area contributed by atoms with Crippen molar-refractivity contribution in [2.45, 2.75) is 6.04 Å². The lowest BCUT2D eigenvalue weighted by Gasteiger charge is -2.17. The van der Waals surface area contributed by atoms with Crippen LogP contribution in [0.15, 0.2) is 28.7 Å². The lowest BCUT2D eigenvalue weighted by Crippen LogP contribution is -2.16. The van der Waals surface area contributed by atoms with Gasteiger partial charge in [0.15, 0.2) is 0 Å². The van der Waals surface area contributed by atoms with E-state index < -0.39 is 0 Å². The zero-order valence-electron chi connectivity index (χ0n) is 11.4. The van der Waals surface area contributed by atoms with Crippen LogP contribution in [0, 0.1) is 0 Å². The van der Waals surface area contributed by atoms with Crippen molar-refractivity contribution in [2.75, 3.05) is 21.3 Å². The number of hydrogen-bond donors (Lipinski definition) is 1. The Morgan fingerprint density at radius 2 is 1.75 bits per heavy atom. The van der Waals surface area contributed by atoms with Crippen molar-refractivity contribution in [1.82, 2.24) is 5.32 Å². The highest BCUT2D eigenvalue weighted by atomic mass is 79.9. The van der Waals surface area contributed by atoms with E-state index in [4.69, 9.17) is 21.1 Å². The second kappa shape index (κ2) is 6.80. The maximum atomic E-state index is 6.13. The molecule has 0 bridgehead atoms. The molecule has 1 N–H and O–H groups in total. The van der Waals surface area contributed by atoms with Crippen molar-refractivity contribution in [1.29, 1.82) is 0 Å². The van der Waals surface area contributed by atoms with Crippen molar-refractivity contribution >= 4 is 38.9 Å². The van der Waals surface area contributed by atoms with Gasteiger partial charge in [0.05, 0.1) is 20.3 Å². The van der Waals surface area contributed by atoms with Crippen molar-refractivity contribution in [3.63, 3.8) is 0 Å². The Morgan fingerprint density at radius 3 is 2.15 bits per heavy atom. The van der Waals surface area contributed by atoms with Crippen molar-refractivity contribution in [3.8, 4) is 11.5 Å². The third-order valence-electron chi connectivity index (χ3n) is 2.94. The van der Waals surface area contributed by atoms with Gasteiger partial charge in [-0.15, -0.1) is 11.3 Å². The third kappa shape index (κ3) is 3.28. The monoisotopic (exact) mass is 375 g/mol. The first-order valence-electron chi connectivity index (χ1n) is 5.94. The minimum atomic E-state index is 0.0350. The van der Waals surface area contributed by atoms with Gasteiger partial charge in [0, 0.05) is 15.4 Å². The summed E-state index contributed by atoms with van der Waals surface area (Å²) in [6, 6.07) is 7.90. The van der Waals surface area contributed by atoms with Crippen molar-refractivity contribution in [3.05, 3.63) is 43.5 Å². The van der Waals surface area contributed by atoms with Crippen molar-refractivity contribution < 1.29 is 9.47 Å². The molecule has 0 radical (unpaired) electrons. The van der Waals surface area contributed by atoms with Gasteiger partial charge in [0.25, 0.3) is 0 Å². The maximum Gasteiger partial charge on any atom is 0.122 e. The number of hydrogen-bond acceptors (Lipinski definition) is 4. The highest BCUT2D eigenvalue weighted by Gasteiger charge is 2.18. The molecule has 1 heterocycles. The molecule has 0 aliphatic carbocycles. The van der Waals surface area contributed by atoms with Gasteiger partial charge in [0.1, 0.15) is 15.8 Å². The Kier molecular flexibility index (Phi) is 5.32.